The van der Waals surface area contributed by atoms with Gasteiger partial charge in [0.05, 0.1) is 12.7 Å². The summed E-state index contributed by atoms with van der Waals surface area (Å²) in [6.45, 7) is 11.3. The molecule has 2 nitrogen and oxygen atoms in total. The molecule has 0 unspecified atom stereocenters. The van der Waals surface area contributed by atoms with E-state index in [-0.39, 0.29) is 6.10 Å². The highest BCUT2D eigenvalue weighted by Gasteiger charge is 2.07. The molecule has 0 spiro atoms. The molecular weight excluding hydrogens is 212 g/mol. The first-order valence-corrected chi connectivity index (χ1v) is 6.45. The second kappa shape index (κ2) is 6.53. The van der Waals surface area contributed by atoms with Crippen molar-refractivity contribution in [2.24, 2.45) is 5.92 Å². The topological polar surface area (TPSA) is 18.5 Å². The Labute approximate surface area is 105 Å². The van der Waals surface area contributed by atoms with Crippen LogP contribution in [0, 0.1) is 5.92 Å². The Morgan fingerprint density at radius 3 is 2.35 bits per heavy atom. The smallest absolute Gasteiger partial charge is 0.126 e. The van der Waals surface area contributed by atoms with Gasteiger partial charge < -0.3 is 9.47 Å². The summed E-state index contributed by atoms with van der Waals surface area (Å²) < 4.78 is 11.5. The molecule has 0 atom stereocenters. The van der Waals surface area contributed by atoms with E-state index in [1.54, 1.807) is 0 Å². The molecule has 0 aromatic heterocycles. The third-order valence-electron chi connectivity index (χ3n) is 2.37. The average molecular weight is 236 g/mol. The second-order valence-electron chi connectivity index (χ2n) is 4.99. The lowest BCUT2D eigenvalue weighted by atomic mass is 10.1. The van der Waals surface area contributed by atoms with Gasteiger partial charge >= 0.3 is 0 Å². The van der Waals surface area contributed by atoms with Crippen molar-refractivity contribution in [1.29, 1.82) is 0 Å². The van der Waals surface area contributed by atoms with Gasteiger partial charge in [0.25, 0.3) is 0 Å². The third-order valence-corrected chi connectivity index (χ3v) is 2.37. The van der Waals surface area contributed by atoms with Crippen LogP contribution in [0.1, 0.15) is 40.2 Å². The molecule has 1 rings (SSSR count). The highest BCUT2D eigenvalue weighted by molar-refractivity contribution is 5.40. The number of aryl methyl sites for hydroxylation is 1. The Bertz CT molecular complexity index is 343. The molecule has 1 aromatic carbocycles. The van der Waals surface area contributed by atoms with E-state index in [0.717, 1.165) is 24.5 Å². The fourth-order valence-electron chi connectivity index (χ4n) is 1.54. The van der Waals surface area contributed by atoms with Crippen molar-refractivity contribution in [1.82, 2.24) is 0 Å². The maximum absolute atomic E-state index is 5.80. The molecule has 0 radical (unpaired) electrons. The van der Waals surface area contributed by atoms with E-state index in [9.17, 15) is 0 Å². The number of benzene rings is 1. The molecule has 0 saturated carbocycles. The number of hydrogen-bond acceptors (Lipinski definition) is 2. The van der Waals surface area contributed by atoms with Crippen LogP contribution in [-0.2, 0) is 6.42 Å². The van der Waals surface area contributed by atoms with Crippen molar-refractivity contribution >= 4 is 0 Å². The van der Waals surface area contributed by atoms with Crippen LogP contribution in [0.5, 0.6) is 11.5 Å². The first kappa shape index (κ1) is 13.9. The fourth-order valence-corrected chi connectivity index (χ4v) is 1.54. The predicted octanol–water partition coefficient (Wildman–Crippen LogP) is 4.07. The molecule has 0 saturated heterocycles. The minimum Gasteiger partial charge on any atom is -0.493 e. The standard InChI is InChI=1S/C15H24O2/c1-6-13-7-8-14(16-10-11(2)3)9-15(13)17-12(4)5/h7-9,11-12H,6,10H2,1-5H3. The SMILES string of the molecule is CCc1ccc(OCC(C)C)cc1OC(C)C. The van der Waals surface area contributed by atoms with Gasteiger partial charge in [-0.05, 0) is 37.8 Å². The minimum absolute atomic E-state index is 0.195. The van der Waals surface area contributed by atoms with Gasteiger partial charge in [-0.3, -0.25) is 0 Å². The van der Waals surface area contributed by atoms with Crippen LogP contribution >= 0.6 is 0 Å². The highest BCUT2D eigenvalue weighted by Crippen LogP contribution is 2.26. The van der Waals surface area contributed by atoms with Crippen LogP contribution in [0.25, 0.3) is 0 Å². The highest BCUT2D eigenvalue weighted by atomic mass is 16.5. The van der Waals surface area contributed by atoms with Gasteiger partial charge in [0.2, 0.25) is 0 Å². The molecule has 1 aromatic rings. The lowest BCUT2D eigenvalue weighted by Crippen LogP contribution is -2.08. The number of hydrogen-bond donors (Lipinski definition) is 0. The van der Waals surface area contributed by atoms with Gasteiger partial charge in [-0.25, -0.2) is 0 Å². The summed E-state index contributed by atoms with van der Waals surface area (Å²) in [4.78, 5) is 0. The monoisotopic (exact) mass is 236 g/mol. The molecule has 96 valence electrons. The van der Waals surface area contributed by atoms with Gasteiger partial charge in [0, 0.05) is 6.07 Å². The summed E-state index contributed by atoms with van der Waals surface area (Å²) in [6, 6.07) is 6.11. The van der Waals surface area contributed by atoms with Crippen LogP contribution < -0.4 is 9.47 Å². The zero-order valence-electron chi connectivity index (χ0n) is 11.6. The predicted molar refractivity (Wildman–Crippen MR) is 71.9 cm³/mol. The van der Waals surface area contributed by atoms with E-state index in [2.05, 4.69) is 26.8 Å². The maximum Gasteiger partial charge on any atom is 0.126 e. The summed E-state index contributed by atoms with van der Waals surface area (Å²) in [5.41, 5.74) is 1.23. The summed E-state index contributed by atoms with van der Waals surface area (Å²) in [7, 11) is 0. The van der Waals surface area contributed by atoms with Crippen molar-refractivity contribution in [3.63, 3.8) is 0 Å². The third kappa shape index (κ3) is 4.68. The molecule has 17 heavy (non-hydrogen) atoms. The zero-order chi connectivity index (χ0) is 12.8. The fraction of sp³-hybridized carbons (Fsp3) is 0.600. The molecule has 2 heteroatoms. The van der Waals surface area contributed by atoms with E-state index in [1.807, 2.05) is 26.0 Å². The van der Waals surface area contributed by atoms with E-state index in [0.29, 0.717) is 5.92 Å². The molecule has 0 aliphatic heterocycles. The summed E-state index contributed by atoms with van der Waals surface area (Å²) >= 11 is 0. The number of ether oxygens (including phenoxy) is 2. The molecule has 0 aliphatic carbocycles. The van der Waals surface area contributed by atoms with Gasteiger partial charge in [-0.1, -0.05) is 26.8 Å². The van der Waals surface area contributed by atoms with Crippen LogP contribution in [0.2, 0.25) is 0 Å². The maximum atomic E-state index is 5.80. The van der Waals surface area contributed by atoms with Gasteiger partial charge in [0.1, 0.15) is 11.5 Å². The van der Waals surface area contributed by atoms with Crippen LogP contribution in [0.15, 0.2) is 18.2 Å². The molecular formula is C15H24O2. The Morgan fingerprint density at radius 1 is 1.12 bits per heavy atom. The Morgan fingerprint density at radius 2 is 1.82 bits per heavy atom. The Kier molecular flexibility index (Phi) is 5.33. The first-order chi connectivity index (χ1) is 8.02. The normalized spacial score (nSPS) is 11.0. The lowest BCUT2D eigenvalue weighted by Gasteiger charge is -2.16. The Hall–Kier alpha value is -1.18. The van der Waals surface area contributed by atoms with Gasteiger partial charge in [-0.2, -0.15) is 0 Å². The van der Waals surface area contributed by atoms with Crippen molar-refractivity contribution in [2.75, 3.05) is 6.61 Å². The van der Waals surface area contributed by atoms with E-state index in [1.165, 1.54) is 5.56 Å². The van der Waals surface area contributed by atoms with Crippen molar-refractivity contribution in [3.8, 4) is 11.5 Å². The largest absolute Gasteiger partial charge is 0.493 e. The molecule has 0 N–H and O–H groups in total. The summed E-state index contributed by atoms with van der Waals surface area (Å²) in [6.07, 6.45) is 1.17. The van der Waals surface area contributed by atoms with Gasteiger partial charge in [0.15, 0.2) is 0 Å². The Balaban J connectivity index is 2.80. The van der Waals surface area contributed by atoms with Crippen molar-refractivity contribution < 1.29 is 9.47 Å². The average Bonchev–Trinajstić information content (AvgIpc) is 2.25. The minimum atomic E-state index is 0.195. The van der Waals surface area contributed by atoms with E-state index >= 15 is 0 Å². The molecule has 0 amide bonds. The molecule has 0 aliphatic rings. The van der Waals surface area contributed by atoms with Crippen molar-refractivity contribution in [3.05, 3.63) is 23.8 Å². The van der Waals surface area contributed by atoms with E-state index in [4.69, 9.17) is 9.47 Å². The van der Waals surface area contributed by atoms with Crippen LogP contribution in [-0.4, -0.2) is 12.7 Å². The first-order valence-electron chi connectivity index (χ1n) is 6.45. The van der Waals surface area contributed by atoms with Crippen LogP contribution in [0.4, 0.5) is 0 Å². The van der Waals surface area contributed by atoms with Crippen LogP contribution in [0.3, 0.4) is 0 Å². The lowest BCUT2D eigenvalue weighted by molar-refractivity contribution is 0.235. The summed E-state index contributed by atoms with van der Waals surface area (Å²) in [5.74, 6) is 2.38. The quantitative estimate of drug-likeness (QED) is 0.741. The molecule has 0 bridgehead atoms. The zero-order valence-corrected chi connectivity index (χ0v) is 11.6. The second-order valence-corrected chi connectivity index (χ2v) is 4.99. The molecule has 0 heterocycles. The molecule has 0 fully saturated rings. The van der Waals surface area contributed by atoms with E-state index < -0.39 is 0 Å². The number of rotatable bonds is 6. The summed E-state index contributed by atoms with van der Waals surface area (Å²) in [5, 5.41) is 0. The van der Waals surface area contributed by atoms with Crippen molar-refractivity contribution in [2.45, 2.75) is 47.1 Å². The van der Waals surface area contributed by atoms with Gasteiger partial charge in [-0.15, -0.1) is 0 Å².